The smallest absolute Gasteiger partial charge is 0.266 e. The molecule has 0 aromatic carbocycles. The van der Waals surface area contributed by atoms with Crippen LogP contribution in [0.1, 0.15) is 47.0 Å². The third-order valence-electron chi connectivity index (χ3n) is 3.43. The maximum absolute atomic E-state index is 11.9. The number of anilines is 1. The van der Waals surface area contributed by atoms with Gasteiger partial charge in [0, 0.05) is 17.7 Å². The van der Waals surface area contributed by atoms with Crippen LogP contribution in [0.3, 0.4) is 0 Å². The zero-order valence-electron chi connectivity index (χ0n) is 10.3. The lowest BCUT2D eigenvalue weighted by Crippen LogP contribution is -2.10. The van der Waals surface area contributed by atoms with Crippen LogP contribution >= 0.6 is 22.9 Å². The van der Waals surface area contributed by atoms with E-state index in [1.54, 1.807) is 12.1 Å². The molecule has 1 amide bonds. The maximum atomic E-state index is 11.9. The number of aromatic nitrogens is 2. The topological polar surface area (TPSA) is 57.8 Å². The SMILES string of the molecule is O=C(Nc1cc(C2CCCC2)[nH]n1)c1ccc(Cl)s1. The van der Waals surface area contributed by atoms with Crippen molar-refractivity contribution in [1.82, 2.24) is 10.2 Å². The molecule has 2 aromatic rings. The second-order valence-electron chi connectivity index (χ2n) is 4.75. The van der Waals surface area contributed by atoms with Crippen LogP contribution in [0.5, 0.6) is 0 Å². The number of thiophene rings is 1. The van der Waals surface area contributed by atoms with Crippen LogP contribution in [0.2, 0.25) is 4.34 Å². The molecule has 0 aliphatic heterocycles. The fourth-order valence-corrected chi connectivity index (χ4v) is 3.40. The molecule has 2 heterocycles. The molecule has 2 aromatic heterocycles. The van der Waals surface area contributed by atoms with Crippen molar-refractivity contribution >= 4 is 34.7 Å². The van der Waals surface area contributed by atoms with E-state index in [0.29, 0.717) is 20.9 Å². The minimum atomic E-state index is -0.165. The zero-order valence-corrected chi connectivity index (χ0v) is 11.9. The van der Waals surface area contributed by atoms with E-state index in [2.05, 4.69) is 15.5 Å². The molecule has 100 valence electrons. The molecule has 2 N–H and O–H groups in total. The van der Waals surface area contributed by atoms with Gasteiger partial charge in [-0.1, -0.05) is 24.4 Å². The third kappa shape index (κ3) is 2.82. The number of hydrogen-bond donors (Lipinski definition) is 2. The minimum absolute atomic E-state index is 0.165. The molecule has 1 fully saturated rings. The van der Waals surface area contributed by atoms with E-state index >= 15 is 0 Å². The summed E-state index contributed by atoms with van der Waals surface area (Å²) in [6, 6.07) is 5.37. The van der Waals surface area contributed by atoms with Gasteiger partial charge in [0.2, 0.25) is 0 Å². The number of H-pyrrole nitrogens is 1. The summed E-state index contributed by atoms with van der Waals surface area (Å²) in [6.07, 6.45) is 4.96. The number of nitrogens with one attached hydrogen (secondary N) is 2. The molecule has 0 unspecified atom stereocenters. The van der Waals surface area contributed by atoms with Gasteiger partial charge in [0.1, 0.15) is 0 Å². The molecule has 0 radical (unpaired) electrons. The van der Waals surface area contributed by atoms with Gasteiger partial charge in [0.25, 0.3) is 5.91 Å². The summed E-state index contributed by atoms with van der Waals surface area (Å²) in [7, 11) is 0. The van der Waals surface area contributed by atoms with Crippen LogP contribution in [-0.2, 0) is 0 Å². The first-order valence-electron chi connectivity index (χ1n) is 6.34. The molecule has 4 nitrogen and oxygen atoms in total. The molecule has 1 saturated carbocycles. The van der Waals surface area contributed by atoms with Crippen molar-refractivity contribution in [2.24, 2.45) is 0 Å². The first-order chi connectivity index (χ1) is 9.22. The summed E-state index contributed by atoms with van der Waals surface area (Å²) in [5.74, 6) is 0.979. The van der Waals surface area contributed by atoms with E-state index in [1.165, 1.54) is 37.0 Å². The average molecular weight is 296 g/mol. The van der Waals surface area contributed by atoms with Crippen LogP contribution in [0.4, 0.5) is 5.82 Å². The predicted octanol–water partition coefficient (Wildman–Crippen LogP) is 4.03. The number of hydrogen-bond acceptors (Lipinski definition) is 3. The van der Waals surface area contributed by atoms with Crippen molar-refractivity contribution in [2.75, 3.05) is 5.32 Å². The summed E-state index contributed by atoms with van der Waals surface area (Å²) in [5, 5.41) is 9.96. The fourth-order valence-electron chi connectivity index (χ4n) is 2.46. The largest absolute Gasteiger partial charge is 0.304 e. The van der Waals surface area contributed by atoms with Crippen LogP contribution in [0.15, 0.2) is 18.2 Å². The molecule has 19 heavy (non-hydrogen) atoms. The van der Waals surface area contributed by atoms with E-state index in [9.17, 15) is 4.79 Å². The van der Waals surface area contributed by atoms with Gasteiger partial charge in [-0.05, 0) is 25.0 Å². The van der Waals surface area contributed by atoms with Gasteiger partial charge in [0.05, 0.1) is 9.21 Å². The number of carbonyl (C=O) groups is 1. The lowest BCUT2D eigenvalue weighted by molar-refractivity contribution is 0.103. The van der Waals surface area contributed by atoms with Crippen molar-refractivity contribution in [3.8, 4) is 0 Å². The Kier molecular flexibility index (Phi) is 3.57. The zero-order chi connectivity index (χ0) is 13.2. The highest BCUT2D eigenvalue weighted by atomic mass is 35.5. The molecule has 1 aliphatic rings. The number of rotatable bonds is 3. The molecular formula is C13H14ClN3OS. The molecule has 1 aliphatic carbocycles. The Morgan fingerprint density at radius 2 is 2.21 bits per heavy atom. The van der Waals surface area contributed by atoms with E-state index in [1.807, 2.05) is 6.07 Å². The van der Waals surface area contributed by atoms with Gasteiger partial charge in [-0.3, -0.25) is 9.89 Å². The van der Waals surface area contributed by atoms with E-state index < -0.39 is 0 Å². The highest BCUT2D eigenvalue weighted by Crippen LogP contribution is 2.33. The minimum Gasteiger partial charge on any atom is -0.304 e. The highest BCUT2D eigenvalue weighted by Gasteiger charge is 2.19. The number of carbonyl (C=O) groups excluding carboxylic acids is 1. The van der Waals surface area contributed by atoms with E-state index in [0.717, 1.165) is 5.69 Å². The summed E-state index contributed by atoms with van der Waals surface area (Å²) in [6.45, 7) is 0. The Hall–Kier alpha value is -1.33. The Bertz CT molecular complexity index is 586. The highest BCUT2D eigenvalue weighted by molar-refractivity contribution is 7.18. The second-order valence-corrected chi connectivity index (χ2v) is 6.46. The summed E-state index contributed by atoms with van der Waals surface area (Å²) < 4.78 is 0.610. The molecule has 6 heteroatoms. The average Bonchev–Trinajstić information content (AvgIpc) is 3.07. The molecule has 0 atom stereocenters. The summed E-state index contributed by atoms with van der Waals surface area (Å²) >= 11 is 7.08. The van der Waals surface area contributed by atoms with Gasteiger partial charge in [0.15, 0.2) is 5.82 Å². The lowest BCUT2D eigenvalue weighted by atomic mass is 10.0. The van der Waals surface area contributed by atoms with Crippen molar-refractivity contribution in [1.29, 1.82) is 0 Å². The normalized spacial score (nSPS) is 15.8. The summed E-state index contributed by atoms with van der Waals surface area (Å²) in [4.78, 5) is 12.5. The quantitative estimate of drug-likeness (QED) is 0.898. The van der Waals surface area contributed by atoms with Crippen LogP contribution in [0, 0.1) is 0 Å². The van der Waals surface area contributed by atoms with E-state index in [4.69, 9.17) is 11.6 Å². The fraction of sp³-hybridized carbons (Fsp3) is 0.385. The van der Waals surface area contributed by atoms with Crippen molar-refractivity contribution < 1.29 is 4.79 Å². The first-order valence-corrected chi connectivity index (χ1v) is 7.54. The van der Waals surface area contributed by atoms with Gasteiger partial charge < -0.3 is 5.32 Å². The molecule has 3 rings (SSSR count). The number of amides is 1. The molecule has 0 bridgehead atoms. The molecular weight excluding hydrogens is 282 g/mol. The van der Waals surface area contributed by atoms with Gasteiger partial charge in [-0.2, -0.15) is 5.10 Å². The number of halogens is 1. The number of nitrogens with zero attached hydrogens (tertiary/aromatic N) is 1. The van der Waals surface area contributed by atoms with E-state index in [-0.39, 0.29) is 5.91 Å². The van der Waals surface area contributed by atoms with Crippen LogP contribution in [0.25, 0.3) is 0 Å². The Labute approximate surface area is 120 Å². The van der Waals surface area contributed by atoms with Crippen molar-refractivity contribution in [2.45, 2.75) is 31.6 Å². The van der Waals surface area contributed by atoms with Crippen LogP contribution < -0.4 is 5.32 Å². The monoisotopic (exact) mass is 295 g/mol. The van der Waals surface area contributed by atoms with Crippen molar-refractivity contribution in [3.63, 3.8) is 0 Å². The standard InChI is InChI=1S/C13H14ClN3OS/c14-11-6-5-10(19-11)13(18)15-12-7-9(16-17-12)8-3-1-2-4-8/h5-8H,1-4H2,(H2,15,16,17,18). The third-order valence-corrected chi connectivity index (χ3v) is 4.66. The van der Waals surface area contributed by atoms with Gasteiger partial charge >= 0.3 is 0 Å². The van der Waals surface area contributed by atoms with Gasteiger partial charge in [-0.15, -0.1) is 11.3 Å². The Balaban J connectivity index is 1.68. The molecule has 0 spiro atoms. The van der Waals surface area contributed by atoms with Crippen LogP contribution in [-0.4, -0.2) is 16.1 Å². The second kappa shape index (κ2) is 5.35. The summed E-state index contributed by atoms with van der Waals surface area (Å²) in [5.41, 5.74) is 1.12. The first kappa shape index (κ1) is 12.7. The predicted molar refractivity (Wildman–Crippen MR) is 77.1 cm³/mol. The Morgan fingerprint density at radius 3 is 2.89 bits per heavy atom. The van der Waals surface area contributed by atoms with Gasteiger partial charge in [-0.25, -0.2) is 0 Å². The van der Waals surface area contributed by atoms with Crippen molar-refractivity contribution in [3.05, 3.63) is 33.1 Å². The number of aromatic amines is 1. The molecule has 0 saturated heterocycles. The maximum Gasteiger partial charge on any atom is 0.266 e. The lowest BCUT2D eigenvalue weighted by Gasteiger charge is -2.03. The Morgan fingerprint density at radius 1 is 1.42 bits per heavy atom.